The van der Waals surface area contributed by atoms with Gasteiger partial charge in [0.2, 0.25) is 0 Å². The zero-order chi connectivity index (χ0) is 17.5. The van der Waals surface area contributed by atoms with Gasteiger partial charge in [0.05, 0.1) is 31.0 Å². The van der Waals surface area contributed by atoms with Gasteiger partial charge in [-0.15, -0.1) is 0 Å². The number of anilines is 2. The topological polar surface area (TPSA) is 107 Å². The van der Waals surface area contributed by atoms with Crippen molar-refractivity contribution < 1.29 is 23.9 Å². The molecule has 0 aliphatic carbocycles. The van der Waals surface area contributed by atoms with Gasteiger partial charge in [-0.05, 0) is 30.3 Å². The minimum absolute atomic E-state index is 0.0984. The van der Waals surface area contributed by atoms with E-state index in [1.165, 1.54) is 38.6 Å². The van der Waals surface area contributed by atoms with Crippen LogP contribution in [0.15, 0.2) is 42.6 Å². The Morgan fingerprint density at radius 3 is 2.33 bits per heavy atom. The molecule has 2 amide bonds. The van der Waals surface area contributed by atoms with Crippen LogP contribution in [0, 0.1) is 0 Å². The fourth-order valence-corrected chi connectivity index (χ4v) is 1.89. The molecular weight excluding hydrogens is 314 g/mol. The van der Waals surface area contributed by atoms with Crippen LogP contribution in [-0.2, 0) is 9.47 Å². The van der Waals surface area contributed by atoms with Gasteiger partial charge in [-0.1, -0.05) is 6.07 Å². The quantitative estimate of drug-likeness (QED) is 0.834. The van der Waals surface area contributed by atoms with Crippen LogP contribution in [0.4, 0.5) is 16.3 Å². The minimum Gasteiger partial charge on any atom is -0.465 e. The molecule has 1 heterocycles. The van der Waals surface area contributed by atoms with E-state index in [9.17, 15) is 14.4 Å². The lowest BCUT2D eigenvalue weighted by Gasteiger charge is -2.12. The van der Waals surface area contributed by atoms with Crippen molar-refractivity contribution in [1.29, 1.82) is 0 Å². The second kappa shape index (κ2) is 7.73. The maximum atomic E-state index is 12.1. The Bertz CT molecular complexity index is 762. The average molecular weight is 329 g/mol. The zero-order valence-corrected chi connectivity index (χ0v) is 13.0. The first-order chi connectivity index (χ1) is 11.5. The molecule has 0 atom stereocenters. The van der Waals surface area contributed by atoms with Gasteiger partial charge in [0.1, 0.15) is 5.82 Å². The van der Waals surface area contributed by atoms with E-state index in [-0.39, 0.29) is 16.8 Å². The second-order valence-electron chi connectivity index (χ2n) is 4.54. The molecule has 0 fully saturated rings. The van der Waals surface area contributed by atoms with Crippen LogP contribution < -0.4 is 10.6 Å². The summed E-state index contributed by atoms with van der Waals surface area (Å²) in [5.41, 5.74) is 0.387. The first-order valence-electron chi connectivity index (χ1n) is 6.85. The zero-order valence-electron chi connectivity index (χ0n) is 13.0. The molecule has 0 radical (unpaired) electrons. The Kier molecular flexibility index (Phi) is 5.45. The third-order valence-electron chi connectivity index (χ3n) is 3.00. The predicted molar refractivity (Wildman–Crippen MR) is 86.0 cm³/mol. The van der Waals surface area contributed by atoms with Gasteiger partial charge < -0.3 is 14.8 Å². The summed E-state index contributed by atoms with van der Waals surface area (Å²) in [6, 6.07) is 8.50. The molecule has 0 aliphatic heterocycles. The summed E-state index contributed by atoms with van der Waals surface area (Å²) in [5.74, 6) is -0.919. The molecule has 0 unspecified atom stereocenters. The van der Waals surface area contributed by atoms with E-state index < -0.39 is 18.0 Å². The number of rotatable bonds is 4. The number of amides is 2. The molecular formula is C16H15N3O5. The highest BCUT2D eigenvalue weighted by Gasteiger charge is 2.17. The first-order valence-corrected chi connectivity index (χ1v) is 6.85. The van der Waals surface area contributed by atoms with Gasteiger partial charge >= 0.3 is 18.0 Å². The summed E-state index contributed by atoms with van der Waals surface area (Å²) < 4.78 is 9.29. The normalized spacial score (nSPS) is 9.75. The lowest BCUT2D eigenvalue weighted by Crippen LogP contribution is -2.22. The Morgan fingerprint density at radius 2 is 1.71 bits per heavy atom. The highest BCUT2D eigenvalue weighted by molar-refractivity contribution is 6.06. The first kappa shape index (κ1) is 16.9. The van der Waals surface area contributed by atoms with Crippen molar-refractivity contribution in [3.8, 4) is 0 Å². The van der Waals surface area contributed by atoms with Crippen molar-refractivity contribution >= 4 is 29.5 Å². The number of hydrogen-bond donors (Lipinski definition) is 2. The Hall–Kier alpha value is -3.42. The van der Waals surface area contributed by atoms with Crippen LogP contribution in [0.1, 0.15) is 20.7 Å². The van der Waals surface area contributed by atoms with Crippen molar-refractivity contribution in [2.45, 2.75) is 0 Å². The molecule has 2 N–H and O–H groups in total. The highest BCUT2D eigenvalue weighted by atomic mass is 16.5. The summed E-state index contributed by atoms with van der Waals surface area (Å²) in [7, 11) is 2.45. The van der Waals surface area contributed by atoms with Crippen LogP contribution in [-0.4, -0.2) is 37.2 Å². The molecule has 0 bridgehead atoms. The number of urea groups is 1. The smallest absolute Gasteiger partial charge is 0.339 e. The van der Waals surface area contributed by atoms with Gasteiger partial charge in [0.15, 0.2) is 0 Å². The van der Waals surface area contributed by atoms with Gasteiger partial charge in [-0.3, -0.25) is 5.32 Å². The molecule has 0 saturated carbocycles. The van der Waals surface area contributed by atoms with E-state index in [0.717, 1.165) is 0 Å². The number of methoxy groups -OCH3 is 2. The number of nitrogens with one attached hydrogen (secondary N) is 2. The van der Waals surface area contributed by atoms with Crippen LogP contribution in [0.5, 0.6) is 0 Å². The van der Waals surface area contributed by atoms with E-state index in [0.29, 0.717) is 5.82 Å². The predicted octanol–water partition coefficient (Wildman–Crippen LogP) is 2.30. The van der Waals surface area contributed by atoms with Crippen LogP contribution in [0.25, 0.3) is 0 Å². The maximum absolute atomic E-state index is 12.1. The van der Waals surface area contributed by atoms with Crippen molar-refractivity contribution in [3.05, 3.63) is 53.7 Å². The number of pyridine rings is 1. The molecule has 0 spiro atoms. The van der Waals surface area contributed by atoms with Gasteiger partial charge in [0.25, 0.3) is 0 Å². The lowest BCUT2D eigenvalue weighted by molar-refractivity contribution is 0.0587. The molecule has 1 aromatic carbocycles. The lowest BCUT2D eigenvalue weighted by atomic mass is 10.1. The number of aromatic nitrogens is 1. The van der Waals surface area contributed by atoms with Crippen molar-refractivity contribution in [2.24, 2.45) is 0 Å². The molecule has 8 heteroatoms. The average Bonchev–Trinajstić information content (AvgIpc) is 2.61. The third-order valence-corrected chi connectivity index (χ3v) is 3.00. The van der Waals surface area contributed by atoms with Crippen LogP contribution in [0.3, 0.4) is 0 Å². The Morgan fingerprint density at radius 1 is 0.958 bits per heavy atom. The molecule has 8 nitrogen and oxygen atoms in total. The number of hydrogen-bond acceptors (Lipinski definition) is 6. The monoisotopic (exact) mass is 329 g/mol. The fraction of sp³-hybridized carbons (Fsp3) is 0.125. The molecule has 1 aromatic heterocycles. The van der Waals surface area contributed by atoms with E-state index in [4.69, 9.17) is 0 Å². The second-order valence-corrected chi connectivity index (χ2v) is 4.54. The summed E-state index contributed by atoms with van der Waals surface area (Å²) >= 11 is 0. The Labute approximate surface area is 137 Å². The number of nitrogens with zero attached hydrogens (tertiary/aromatic N) is 1. The summed E-state index contributed by atoms with van der Waals surface area (Å²) in [4.78, 5) is 39.4. The SMILES string of the molecule is COC(=O)c1ccc(C(=O)OC)c(NC(=O)Nc2ccccn2)c1. The van der Waals surface area contributed by atoms with Crippen molar-refractivity contribution in [3.63, 3.8) is 0 Å². The summed E-state index contributed by atoms with van der Waals surface area (Å²) in [6.45, 7) is 0. The van der Waals surface area contributed by atoms with E-state index in [2.05, 4.69) is 25.1 Å². The molecule has 24 heavy (non-hydrogen) atoms. The standard InChI is InChI=1S/C16H15N3O5/c1-23-14(20)10-6-7-11(15(21)24-2)12(9-10)18-16(22)19-13-5-3-4-8-17-13/h3-9H,1-2H3,(H2,17,18,19,22). The van der Waals surface area contributed by atoms with E-state index in [1.807, 2.05) is 0 Å². The maximum Gasteiger partial charge on any atom is 0.339 e. The third kappa shape index (κ3) is 4.07. The molecule has 0 saturated heterocycles. The summed E-state index contributed by atoms with van der Waals surface area (Å²) in [5, 5.41) is 5.00. The van der Waals surface area contributed by atoms with Gasteiger partial charge in [-0.25, -0.2) is 19.4 Å². The molecule has 0 aliphatic rings. The molecule has 2 rings (SSSR count). The van der Waals surface area contributed by atoms with Crippen molar-refractivity contribution in [2.75, 3.05) is 24.9 Å². The minimum atomic E-state index is -0.653. The number of carbonyl (C=O) groups is 3. The number of benzene rings is 1. The van der Waals surface area contributed by atoms with Gasteiger partial charge in [0, 0.05) is 6.20 Å². The van der Waals surface area contributed by atoms with Gasteiger partial charge in [-0.2, -0.15) is 0 Å². The van der Waals surface area contributed by atoms with E-state index >= 15 is 0 Å². The number of esters is 2. The number of carbonyl (C=O) groups excluding carboxylic acids is 3. The van der Waals surface area contributed by atoms with Crippen LogP contribution in [0.2, 0.25) is 0 Å². The van der Waals surface area contributed by atoms with E-state index in [1.54, 1.807) is 18.2 Å². The summed E-state index contributed by atoms with van der Waals surface area (Å²) in [6.07, 6.45) is 1.52. The number of ether oxygens (including phenoxy) is 2. The highest BCUT2D eigenvalue weighted by Crippen LogP contribution is 2.20. The Balaban J connectivity index is 2.26. The van der Waals surface area contributed by atoms with Crippen LogP contribution >= 0.6 is 0 Å². The largest absolute Gasteiger partial charge is 0.465 e. The van der Waals surface area contributed by atoms with Crippen molar-refractivity contribution in [1.82, 2.24) is 4.98 Å². The molecule has 2 aromatic rings. The fourth-order valence-electron chi connectivity index (χ4n) is 1.89. The molecule has 124 valence electrons.